The molecule has 1 N–H and O–H groups in total. The van der Waals surface area contributed by atoms with Crippen LogP contribution < -0.4 is 9.62 Å². The fourth-order valence-electron chi connectivity index (χ4n) is 2.99. The maximum atomic E-state index is 13.2. The molecule has 0 saturated carbocycles. The number of halogens is 2. The maximum Gasteiger partial charge on any atom is 0.264 e. The summed E-state index contributed by atoms with van der Waals surface area (Å²) in [6.07, 6.45) is 0. The molecule has 3 aromatic carbocycles. The van der Waals surface area contributed by atoms with E-state index in [0.29, 0.717) is 5.69 Å². The summed E-state index contributed by atoms with van der Waals surface area (Å²) in [6.45, 7) is -0.267. The first-order chi connectivity index (χ1) is 15.6. The van der Waals surface area contributed by atoms with Crippen LogP contribution in [-0.2, 0) is 14.8 Å². The molecule has 33 heavy (non-hydrogen) atoms. The Morgan fingerprint density at radius 1 is 0.970 bits per heavy atom. The van der Waals surface area contributed by atoms with Crippen LogP contribution in [0.25, 0.3) is 0 Å². The van der Waals surface area contributed by atoms with Gasteiger partial charge in [0.05, 0.1) is 27.7 Å². The number of carbonyl (C=O) groups is 2. The predicted molar refractivity (Wildman–Crippen MR) is 125 cm³/mol. The monoisotopic (exact) mass is 489 g/mol. The Bertz CT molecular complexity index is 1270. The minimum atomic E-state index is -4.06. The van der Waals surface area contributed by atoms with E-state index in [1.54, 1.807) is 24.3 Å². The number of sulfonamides is 1. The average molecular weight is 490 g/mol. The molecule has 0 radical (unpaired) electrons. The van der Waals surface area contributed by atoms with Crippen LogP contribution in [0.15, 0.2) is 77.7 Å². The maximum absolute atomic E-state index is 13.2. The third-order valence-corrected chi connectivity index (χ3v) is 6.91. The van der Waals surface area contributed by atoms with Gasteiger partial charge in [-0.3, -0.25) is 13.9 Å². The molecule has 0 heterocycles. The first-order valence-corrected chi connectivity index (χ1v) is 11.6. The van der Waals surface area contributed by atoms with E-state index in [1.165, 1.54) is 38.4 Å². The number of hydrogen-bond donors (Lipinski definition) is 1. The summed E-state index contributed by atoms with van der Waals surface area (Å²) >= 11 is 6.17. The molecule has 10 heteroatoms. The van der Waals surface area contributed by atoms with Crippen LogP contribution in [0.4, 0.5) is 15.8 Å². The molecule has 3 aromatic rings. The van der Waals surface area contributed by atoms with Crippen molar-refractivity contribution >= 4 is 44.8 Å². The summed E-state index contributed by atoms with van der Waals surface area (Å²) in [7, 11) is -1.33. The first kappa shape index (κ1) is 24.2. The Morgan fingerprint density at radius 2 is 1.61 bits per heavy atom. The van der Waals surface area contributed by atoms with E-state index in [4.69, 9.17) is 11.6 Å². The van der Waals surface area contributed by atoms with Crippen molar-refractivity contribution in [2.75, 3.05) is 30.3 Å². The predicted octanol–water partition coefficient (Wildman–Crippen LogP) is 4.01. The van der Waals surface area contributed by atoms with Crippen LogP contribution in [0.3, 0.4) is 0 Å². The fourth-order valence-corrected chi connectivity index (χ4v) is 4.41. The molecule has 0 aromatic heterocycles. The van der Waals surface area contributed by atoms with E-state index in [-0.39, 0.29) is 27.7 Å². The third-order valence-electron chi connectivity index (χ3n) is 4.80. The molecule has 0 aliphatic carbocycles. The lowest BCUT2D eigenvalue weighted by molar-refractivity contribution is -0.116. The summed E-state index contributed by atoms with van der Waals surface area (Å²) in [4.78, 5) is 26.2. The zero-order valence-corrected chi connectivity index (χ0v) is 19.4. The van der Waals surface area contributed by atoms with Gasteiger partial charge in [0.2, 0.25) is 5.91 Å². The first-order valence-electron chi connectivity index (χ1n) is 9.74. The summed E-state index contributed by atoms with van der Waals surface area (Å²) in [6, 6.07) is 17.4. The number of hydrogen-bond acceptors (Lipinski definition) is 4. The van der Waals surface area contributed by atoms with E-state index in [1.807, 2.05) is 6.07 Å². The second kappa shape index (κ2) is 10.0. The van der Waals surface area contributed by atoms with Crippen LogP contribution in [0.1, 0.15) is 10.4 Å². The topological polar surface area (TPSA) is 86.8 Å². The van der Waals surface area contributed by atoms with Gasteiger partial charge in [-0.1, -0.05) is 29.8 Å². The van der Waals surface area contributed by atoms with Crippen molar-refractivity contribution in [2.45, 2.75) is 4.90 Å². The van der Waals surface area contributed by atoms with Crippen molar-refractivity contribution in [1.29, 1.82) is 0 Å². The van der Waals surface area contributed by atoms with E-state index < -0.39 is 27.7 Å². The van der Waals surface area contributed by atoms with Crippen molar-refractivity contribution < 1.29 is 22.4 Å². The Kier molecular flexibility index (Phi) is 7.35. The zero-order chi connectivity index (χ0) is 24.2. The molecule has 172 valence electrons. The molecule has 0 aliphatic heterocycles. The number of nitrogens with zero attached hydrogens (tertiary/aromatic N) is 2. The number of rotatable bonds is 7. The van der Waals surface area contributed by atoms with Crippen LogP contribution in [-0.4, -0.2) is 45.8 Å². The van der Waals surface area contributed by atoms with E-state index in [2.05, 4.69) is 5.32 Å². The van der Waals surface area contributed by atoms with Gasteiger partial charge in [-0.25, -0.2) is 12.8 Å². The van der Waals surface area contributed by atoms with Crippen molar-refractivity contribution in [3.8, 4) is 0 Å². The molecule has 0 fully saturated rings. The van der Waals surface area contributed by atoms with Gasteiger partial charge in [0.25, 0.3) is 15.9 Å². The lowest BCUT2D eigenvalue weighted by atomic mass is 10.2. The van der Waals surface area contributed by atoms with Gasteiger partial charge in [0, 0.05) is 19.8 Å². The standard InChI is InChI=1S/C23H21ClFN3O4S/c1-27(15-22(29)26-17-6-4-3-5-7-17)23(30)20-14-19(12-13-21(20)24)33(31,32)28(2)18-10-8-16(25)9-11-18/h3-14H,15H2,1-2H3,(H,26,29). The normalized spacial score (nSPS) is 11.0. The van der Waals surface area contributed by atoms with Gasteiger partial charge < -0.3 is 10.2 Å². The van der Waals surface area contributed by atoms with Gasteiger partial charge in [0.1, 0.15) is 5.82 Å². The molecular formula is C23H21ClFN3O4S. The minimum Gasteiger partial charge on any atom is -0.332 e. The Labute approximate surface area is 196 Å². The second-order valence-corrected chi connectivity index (χ2v) is 9.54. The van der Waals surface area contributed by atoms with Crippen LogP contribution in [0, 0.1) is 5.82 Å². The van der Waals surface area contributed by atoms with Gasteiger partial charge in [-0.15, -0.1) is 0 Å². The third kappa shape index (κ3) is 5.68. The Hall–Kier alpha value is -3.43. The molecule has 2 amide bonds. The summed E-state index contributed by atoms with van der Waals surface area (Å²) in [5.41, 5.74) is 0.757. The van der Waals surface area contributed by atoms with Crippen LogP contribution in [0.2, 0.25) is 5.02 Å². The van der Waals surface area contributed by atoms with E-state index in [0.717, 1.165) is 27.4 Å². The number of carbonyl (C=O) groups excluding carboxylic acids is 2. The Morgan fingerprint density at radius 3 is 2.24 bits per heavy atom. The van der Waals surface area contributed by atoms with Gasteiger partial charge in [-0.05, 0) is 54.6 Å². The van der Waals surface area contributed by atoms with Crippen LogP contribution >= 0.6 is 11.6 Å². The summed E-state index contributed by atoms with van der Waals surface area (Å²) in [5.74, 6) is -1.54. The van der Waals surface area contributed by atoms with E-state index in [9.17, 15) is 22.4 Å². The molecule has 0 spiro atoms. The molecule has 0 atom stereocenters. The molecule has 0 aliphatic rings. The van der Waals surface area contributed by atoms with Gasteiger partial charge in [-0.2, -0.15) is 0 Å². The number of nitrogens with one attached hydrogen (secondary N) is 1. The highest BCUT2D eigenvalue weighted by Gasteiger charge is 2.25. The quantitative estimate of drug-likeness (QED) is 0.543. The molecular weight excluding hydrogens is 469 g/mol. The van der Waals surface area contributed by atoms with Crippen molar-refractivity contribution in [2.24, 2.45) is 0 Å². The zero-order valence-electron chi connectivity index (χ0n) is 17.8. The highest BCUT2D eigenvalue weighted by Crippen LogP contribution is 2.26. The smallest absolute Gasteiger partial charge is 0.264 e. The number of para-hydroxylation sites is 1. The SMILES string of the molecule is CN(CC(=O)Nc1ccccc1)C(=O)c1cc(S(=O)(=O)N(C)c2ccc(F)cc2)ccc1Cl. The molecule has 0 bridgehead atoms. The summed E-state index contributed by atoms with van der Waals surface area (Å²) < 4.78 is 40.3. The van der Waals surface area contributed by atoms with Crippen molar-refractivity contribution in [3.05, 3.63) is 89.2 Å². The fraction of sp³-hybridized carbons (Fsp3) is 0.130. The minimum absolute atomic E-state index is 0.0405. The highest BCUT2D eigenvalue weighted by atomic mass is 35.5. The molecule has 7 nitrogen and oxygen atoms in total. The molecule has 0 unspecified atom stereocenters. The average Bonchev–Trinajstić information content (AvgIpc) is 2.79. The second-order valence-electron chi connectivity index (χ2n) is 7.17. The van der Waals surface area contributed by atoms with Gasteiger partial charge >= 0.3 is 0 Å². The van der Waals surface area contributed by atoms with Crippen molar-refractivity contribution in [1.82, 2.24) is 4.90 Å². The molecule has 3 rings (SSSR count). The number of benzene rings is 3. The highest BCUT2D eigenvalue weighted by molar-refractivity contribution is 7.92. The van der Waals surface area contributed by atoms with Crippen molar-refractivity contribution in [3.63, 3.8) is 0 Å². The largest absolute Gasteiger partial charge is 0.332 e. The summed E-state index contributed by atoms with van der Waals surface area (Å²) in [5, 5.41) is 2.71. The molecule has 0 saturated heterocycles. The van der Waals surface area contributed by atoms with Crippen LogP contribution in [0.5, 0.6) is 0 Å². The van der Waals surface area contributed by atoms with Gasteiger partial charge in [0.15, 0.2) is 0 Å². The van der Waals surface area contributed by atoms with E-state index >= 15 is 0 Å². The lowest BCUT2D eigenvalue weighted by Gasteiger charge is -2.21. The lowest BCUT2D eigenvalue weighted by Crippen LogP contribution is -2.35. The number of likely N-dealkylation sites (N-methyl/N-ethyl adjacent to an activating group) is 1. The Balaban J connectivity index is 1.80. The number of amides is 2. The number of anilines is 2.